The molecule has 0 aromatic rings. The lowest BCUT2D eigenvalue weighted by molar-refractivity contribution is -0.156. The zero-order valence-corrected chi connectivity index (χ0v) is 10.6. The van der Waals surface area contributed by atoms with Crippen LogP contribution in [0.25, 0.3) is 0 Å². The normalized spacial score (nSPS) is 16.4. The summed E-state index contributed by atoms with van der Waals surface area (Å²) in [5.41, 5.74) is 0.892. The Labute approximate surface area is 114 Å². The summed E-state index contributed by atoms with van der Waals surface area (Å²) in [6.07, 6.45) is 7.58. The summed E-state index contributed by atoms with van der Waals surface area (Å²) in [6.45, 7) is 0. The molecule has 0 atom stereocenters. The van der Waals surface area contributed by atoms with E-state index in [0.717, 1.165) is 25.0 Å². The van der Waals surface area contributed by atoms with Crippen LogP contribution in [0.2, 0.25) is 0 Å². The Kier molecular flexibility index (Phi) is 4.24. The van der Waals surface area contributed by atoms with E-state index in [9.17, 15) is 19.2 Å². The van der Waals surface area contributed by atoms with Gasteiger partial charge >= 0.3 is 23.9 Å². The van der Waals surface area contributed by atoms with Crippen molar-refractivity contribution in [2.45, 2.75) is 25.7 Å². The summed E-state index contributed by atoms with van der Waals surface area (Å²) in [5, 5.41) is 0. The van der Waals surface area contributed by atoms with Gasteiger partial charge in [-0.25, -0.2) is 19.2 Å². The molecule has 0 aromatic heterocycles. The molecular weight excluding hydrogens is 264 g/mol. The third kappa shape index (κ3) is 3.50. The van der Waals surface area contributed by atoms with Crippen LogP contribution in [0.5, 0.6) is 0 Å². The Morgan fingerprint density at radius 1 is 0.800 bits per heavy atom. The Morgan fingerprint density at radius 2 is 1.15 bits per heavy atom. The van der Waals surface area contributed by atoms with Gasteiger partial charge in [0, 0.05) is 23.3 Å². The predicted octanol–water partition coefficient (Wildman–Crippen LogP) is 1.12. The molecule has 0 aliphatic heterocycles. The first-order valence-corrected chi connectivity index (χ1v) is 6.14. The molecule has 0 amide bonds. The van der Waals surface area contributed by atoms with Crippen LogP contribution >= 0.6 is 0 Å². The van der Waals surface area contributed by atoms with E-state index in [-0.39, 0.29) is 0 Å². The zero-order chi connectivity index (χ0) is 14.5. The van der Waals surface area contributed by atoms with Crippen molar-refractivity contribution in [3.63, 3.8) is 0 Å². The Morgan fingerprint density at radius 3 is 1.40 bits per heavy atom. The second-order valence-corrected chi connectivity index (χ2v) is 4.29. The molecule has 0 radical (unpaired) electrons. The maximum atomic E-state index is 11.3. The lowest BCUT2D eigenvalue weighted by atomic mass is 10.00. The van der Waals surface area contributed by atoms with Gasteiger partial charge in [0.2, 0.25) is 0 Å². The number of carbonyl (C=O) groups excluding carboxylic acids is 4. The van der Waals surface area contributed by atoms with Crippen LogP contribution in [0.3, 0.4) is 0 Å². The maximum absolute atomic E-state index is 11.3. The summed E-state index contributed by atoms with van der Waals surface area (Å²) in [6, 6.07) is 0. The number of allylic oxidation sites excluding steroid dienone is 2. The second kappa shape index (κ2) is 6.10. The molecule has 2 aliphatic carbocycles. The molecule has 2 aliphatic rings. The van der Waals surface area contributed by atoms with E-state index in [2.05, 4.69) is 9.47 Å². The zero-order valence-electron chi connectivity index (χ0n) is 10.6. The molecule has 0 aromatic carbocycles. The van der Waals surface area contributed by atoms with Crippen LogP contribution in [0, 0.1) is 0 Å². The molecule has 0 saturated carbocycles. The lowest BCUT2D eigenvalue weighted by Gasteiger charge is -2.11. The average molecular weight is 276 g/mol. The molecular formula is C14H12O6. The van der Waals surface area contributed by atoms with Crippen molar-refractivity contribution in [1.82, 2.24) is 0 Å². The van der Waals surface area contributed by atoms with Crippen molar-refractivity contribution in [3.8, 4) is 0 Å². The number of hydrogen-bond acceptors (Lipinski definition) is 6. The number of esters is 4. The molecule has 20 heavy (non-hydrogen) atoms. The summed E-state index contributed by atoms with van der Waals surface area (Å²) in [4.78, 5) is 45.0. The molecule has 6 nitrogen and oxygen atoms in total. The first-order chi connectivity index (χ1) is 9.56. The molecule has 0 saturated heterocycles. The first kappa shape index (κ1) is 13.9. The average Bonchev–Trinajstić information content (AvgIpc) is 2.20. The quantitative estimate of drug-likeness (QED) is 0.434. The van der Waals surface area contributed by atoms with E-state index in [4.69, 9.17) is 0 Å². The van der Waals surface area contributed by atoms with Crippen LogP contribution < -0.4 is 0 Å². The van der Waals surface area contributed by atoms with Gasteiger partial charge in [-0.05, 0) is 25.7 Å². The predicted molar refractivity (Wildman–Crippen MR) is 66.0 cm³/mol. The Balaban J connectivity index is 1.76. The summed E-state index contributed by atoms with van der Waals surface area (Å²) >= 11 is 0. The van der Waals surface area contributed by atoms with E-state index in [1.807, 2.05) is 0 Å². The number of hydrogen-bond donors (Lipinski definition) is 0. The fourth-order valence-electron chi connectivity index (χ4n) is 1.47. The van der Waals surface area contributed by atoms with Crippen molar-refractivity contribution in [3.05, 3.63) is 35.5 Å². The molecule has 0 spiro atoms. The lowest BCUT2D eigenvalue weighted by Crippen LogP contribution is -2.17. The van der Waals surface area contributed by atoms with E-state index in [1.165, 1.54) is 0 Å². The molecule has 0 fully saturated rings. The van der Waals surface area contributed by atoms with E-state index in [1.54, 1.807) is 12.2 Å². The minimum atomic E-state index is -0.977. The van der Waals surface area contributed by atoms with Crippen molar-refractivity contribution in [2.75, 3.05) is 0 Å². The number of ether oxygens (including phenoxy) is 2. The van der Waals surface area contributed by atoms with Crippen LogP contribution in [0.1, 0.15) is 25.7 Å². The molecule has 6 heteroatoms. The van der Waals surface area contributed by atoms with E-state index in [0.29, 0.717) is 24.0 Å². The maximum Gasteiger partial charge on any atom is 0.341 e. The van der Waals surface area contributed by atoms with Gasteiger partial charge in [0.05, 0.1) is 0 Å². The number of carbonyl (C=O) groups is 4. The molecule has 2 rings (SSSR count). The summed E-state index contributed by atoms with van der Waals surface area (Å²) in [7, 11) is 0. The van der Waals surface area contributed by atoms with Gasteiger partial charge in [-0.3, -0.25) is 0 Å². The summed E-state index contributed by atoms with van der Waals surface area (Å²) in [5.74, 6) is -3.38. The topological polar surface area (TPSA) is 86.7 Å². The number of rotatable bonds is 4. The highest BCUT2D eigenvalue weighted by atomic mass is 16.6. The van der Waals surface area contributed by atoms with Gasteiger partial charge in [-0.2, -0.15) is 0 Å². The Hall–Kier alpha value is -2.50. The highest BCUT2D eigenvalue weighted by molar-refractivity contribution is 6.04. The van der Waals surface area contributed by atoms with Crippen molar-refractivity contribution < 1.29 is 28.7 Å². The molecule has 0 unspecified atom stereocenters. The SMILES string of the molecule is O=C(/C=C\C(=O)OC(=O)C1=CCC1)OC(=O)C1=CCC1. The second-order valence-electron chi connectivity index (χ2n) is 4.29. The van der Waals surface area contributed by atoms with Crippen LogP contribution in [-0.4, -0.2) is 23.9 Å². The highest BCUT2D eigenvalue weighted by Crippen LogP contribution is 2.19. The minimum Gasteiger partial charge on any atom is -0.386 e. The molecule has 104 valence electrons. The smallest absolute Gasteiger partial charge is 0.341 e. The van der Waals surface area contributed by atoms with Gasteiger partial charge in [-0.15, -0.1) is 0 Å². The fourth-order valence-corrected chi connectivity index (χ4v) is 1.47. The van der Waals surface area contributed by atoms with Gasteiger partial charge in [0.15, 0.2) is 0 Å². The van der Waals surface area contributed by atoms with Gasteiger partial charge < -0.3 is 9.47 Å². The fraction of sp³-hybridized carbons (Fsp3) is 0.286. The van der Waals surface area contributed by atoms with E-state index >= 15 is 0 Å². The highest BCUT2D eigenvalue weighted by Gasteiger charge is 2.20. The van der Waals surface area contributed by atoms with Crippen molar-refractivity contribution >= 4 is 23.9 Å². The molecule has 0 N–H and O–H groups in total. The van der Waals surface area contributed by atoms with Gasteiger partial charge in [0.25, 0.3) is 0 Å². The largest absolute Gasteiger partial charge is 0.386 e. The third-order valence-electron chi connectivity index (χ3n) is 2.88. The standard InChI is InChI=1S/C14H12O6/c15-11(19-13(17)9-3-1-4-9)7-8-12(16)20-14(18)10-5-2-6-10/h3,5,7-8H,1-2,4,6H2/b8-7-. The molecule has 0 bridgehead atoms. The summed E-state index contributed by atoms with van der Waals surface area (Å²) < 4.78 is 8.90. The van der Waals surface area contributed by atoms with Crippen molar-refractivity contribution in [2.24, 2.45) is 0 Å². The van der Waals surface area contributed by atoms with Crippen LogP contribution in [0.4, 0.5) is 0 Å². The Bertz CT molecular complexity index is 514. The minimum absolute atomic E-state index is 0.446. The van der Waals surface area contributed by atoms with Gasteiger partial charge in [-0.1, -0.05) is 12.2 Å². The monoisotopic (exact) mass is 276 g/mol. The van der Waals surface area contributed by atoms with Crippen molar-refractivity contribution in [1.29, 1.82) is 0 Å². The van der Waals surface area contributed by atoms with Crippen LogP contribution in [0.15, 0.2) is 35.5 Å². The molecule has 0 heterocycles. The van der Waals surface area contributed by atoms with Crippen LogP contribution in [-0.2, 0) is 28.7 Å². The third-order valence-corrected chi connectivity index (χ3v) is 2.88. The van der Waals surface area contributed by atoms with Gasteiger partial charge in [0.1, 0.15) is 0 Å². The first-order valence-electron chi connectivity index (χ1n) is 6.14. The van der Waals surface area contributed by atoms with E-state index < -0.39 is 23.9 Å².